The molecule has 13 heavy (non-hydrogen) atoms. The lowest BCUT2D eigenvalue weighted by Gasteiger charge is -2.39. The van der Waals surface area contributed by atoms with Crippen LogP contribution in [0.4, 0.5) is 0 Å². The SMILES string of the molecule is C[N+](C)(CCO)C1CCCCC1.[Cl-]. The zero-order chi connectivity index (χ0) is 9.03. The lowest BCUT2D eigenvalue weighted by Crippen LogP contribution is -3.00. The van der Waals surface area contributed by atoms with Gasteiger partial charge in [-0.15, -0.1) is 0 Å². The van der Waals surface area contributed by atoms with Gasteiger partial charge in [-0.2, -0.15) is 0 Å². The highest BCUT2D eigenvalue weighted by molar-refractivity contribution is 4.65. The van der Waals surface area contributed by atoms with Crippen LogP contribution in [0.5, 0.6) is 0 Å². The normalized spacial score (nSPS) is 19.6. The quantitative estimate of drug-likeness (QED) is 0.553. The first-order chi connectivity index (χ1) is 5.67. The minimum absolute atomic E-state index is 0. The van der Waals surface area contributed by atoms with Crippen molar-refractivity contribution in [2.24, 2.45) is 0 Å². The molecular formula is C10H22ClNO. The van der Waals surface area contributed by atoms with Gasteiger partial charge in [-0.25, -0.2) is 0 Å². The van der Waals surface area contributed by atoms with Crippen LogP contribution in [0.3, 0.4) is 0 Å². The van der Waals surface area contributed by atoms with Crippen molar-refractivity contribution >= 4 is 0 Å². The molecule has 0 aliphatic heterocycles. The molecule has 0 saturated heterocycles. The first kappa shape index (κ1) is 13.2. The maximum absolute atomic E-state index is 8.92. The Morgan fingerprint density at radius 1 is 1.15 bits per heavy atom. The average molecular weight is 208 g/mol. The van der Waals surface area contributed by atoms with Crippen molar-refractivity contribution in [2.45, 2.75) is 38.1 Å². The molecule has 1 saturated carbocycles. The fourth-order valence-corrected chi connectivity index (χ4v) is 2.22. The van der Waals surface area contributed by atoms with Gasteiger partial charge < -0.3 is 22.0 Å². The van der Waals surface area contributed by atoms with E-state index in [0.29, 0.717) is 6.61 Å². The van der Waals surface area contributed by atoms with Crippen LogP contribution in [-0.4, -0.2) is 42.9 Å². The topological polar surface area (TPSA) is 20.2 Å². The van der Waals surface area contributed by atoms with Crippen LogP contribution in [0.1, 0.15) is 32.1 Å². The van der Waals surface area contributed by atoms with Crippen LogP contribution >= 0.6 is 0 Å². The van der Waals surface area contributed by atoms with Crippen LogP contribution in [0.15, 0.2) is 0 Å². The van der Waals surface area contributed by atoms with E-state index in [9.17, 15) is 0 Å². The summed E-state index contributed by atoms with van der Waals surface area (Å²) in [5.74, 6) is 0. The molecule has 80 valence electrons. The highest BCUT2D eigenvalue weighted by atomic mass is 35.5. The molecule has 0 unspecified atom stereocenters. The molecule has 3 heteroatoms. The van der Waals surface area contributed by atoms with Crippen LogP contribution in [0.25, 0.3) is 0 Å². The molecule has 1 N–H and O–H groups in total. The van der Waals surface area contributed by atoms with Gasteiger partial charge in [0.15, 0.2) is 0 Å². The van der Waals surface area contributed by atoms with Crippen molar-refractivity contribution in [3.8, 4) is 0 Å². The number of hydrogen-bond donors (Lipinski definition) is 1. The van der Waals surface area contributed by atoms with Crippen molar-refractivity contribution < 1.29 is 22.0 Å². The van der Waals surface area contributed by atoms with Gasteiger partial charge in [-0.1, -0.05) is 6.42 Å². The molecular weight excluding hydrogens is 186 g/mol. The molecule has 0 heterocycles. The Hall–Kier alpha value is 0.210. The molecule has 2 nitrogen and oxygen atoms in total. The van der Waals surface area contributed by atoms with Crippen LogP contribution in [-0.2, 0) is 0 Å². The summed E-state index contributed by atoms with van der Waals surface area (Å²) in [6.07, 6.45) is 6.89. The molecule has 0 amide bonds. The number of quaternary nitrogens is 1. The third-order valence-corrected chi connectivity index (χ3v) is 3.24. The van der Waals surface area contributed by atoms with E-state index in [1.54, 1.807) is 0 Å². The second kappa shape index (κ2) is 5.84. The van der Waals surface area contributed by atoms with E-state index >= 15 is 0 Å². The van der Waals surface area contributed by atoms with E-state index in [4.69, 9.17) is 5.11 Å². The predicted molar refractivity (Wildman–Crippen MR) is 50.9 cm³/mol. The van der Waals surface area contributed by atoms with Crippen molar-refractivity contribution in [2.75, 3.05) is 27.2 Å². The Kier molecular flexibility index (Phi) is 5.93. The summed E-state index contributed by atoms with van der Waals surface area (Å²) >= 11 is 0. The predicted octanol–water partition coefficient (Wildman–Crippen LogP) is -1.61. The van der Waals surface area contributed by atoms with Crippen molar-refractivity contribution in [3.05, 3.63) is 0 Å². The molecule has 0 spiro atoms. The molecule has 1 fully saturated rings. The number of hydrogen-bond acceptors (Lipinski definition) is 1. The summed E-state index contributed by atoms with van der Waals surface area (Å²) in [5, 5.41) is 8.92. The van der Waals surface area contributed by atoms with Gasteiger partial charge in [0.25, 0.3) is 0 Å². The van der Waals surface area contributed by atoms with Gasteiger partial charge in [0, 0.05) is 0 Å². The maximum atomic E-state index is 8.92. The third-order valence-electron chi connectivity index (χ3n) is 3.24. The summed E-state index contributed by atoms with van der Waals surface area (Å²) in [4.78, 5) is 0. The van der Waals surface area contributed by atoms with E-state index in [-0.39, 0.29) is 12.4 Å². The summed E-state index contributed by atoms with van der Waals surface area (Å²) in [7, 11) is 4.48. The number of halogens is 1. The fourth-order valence-electron chi connectivity index (χ4n) is 2.22. The minimum atomic E-state index is 0. The molecule has 0 atom stereocenters. The van der Waals surface area contributed by atoms with E-state index in [1.165, 1.54) is 32.1 Å². The Balaban J connectivity index is 0.00000144. The van der Waals surface area contributed by atoms with Crippen molar-refractivity contribution in [3.63, 3.8) is 0 Å². The molecule has 0 aromatic rings. The second-order valence-electron chi connectivity index (χ2n) is 4.52. The molecule has 1 rings (SSSR count). The van der Waals surface area contributed by atoms with E-state index in [1.807, 2.05) is 0 Å². The number of likely N-dealkylation sites (N-methyl/N-ethyl adjacent to an activating group) is 1. The standard InChI is InChI=1S/C10H22NO.ClH/c1-11(2,8-9-12)10-6-4-3-5-7-10;/h10,12H,3-9H2,1-2H3;1H/q+1;/p-1. The van der Waals surface area contributed by atoms with Crippen LogP contribution in [0, 0.1) is 0 Å². The monoisotopic (exact) mass is 207 g/mol. The van der Waals surface area contributed by atoms with Crippen molar-refractivity contribution in [1.29, 1.82) is 0 Å². The van der Waals surface area contributed by atoms with Gasteiger partial charge in [-0.05, 0) is 25.7 Å². The summed E-state index contributed by atoms with van der Waals surface area (Å²) in [6, 6.07) is 0.797. The number of aliphatic hydroxyl groups is 1. The second-order valence-corrected chi connectivity index (χ2v) is 4.52. The van der Waals surface area contributed by atoms with Gasteiger partial charge >= 0.3 is 0 Å². The molecule has 0 aromatic carbocycles. The van der Waals surface area contributed by atoms with Crippen molar-refractivity contribution in [1.82, 2.24) is 0 Å². The Labute approximate surface area is 87.9 Å². The average Bonchev–Trinajstić information content (AvgIpc) is 2.06. The summed E-state index contributed by atoms with van der Waals surface area (Å²) < 4.78 is 1.01. The number of rotatable bonds is 3. The Morgan fingerprint density at radius 2 is 1.69 bits per heavy atom. The van der Waals surface area contributed by atoms with Gasteiger partial charge in [-0.3, -0.25) is 0 Å². The molecule has 0 aromatic heterocycles. The first-order valence-corrected chi connectivity index (χ1v) is 5.10. The first-order valence-electron chi connectivity index (χ1n) is 5.10. The zero-order valence-corrected chi connectivity index (χ0v) is 9.56. The van der Waals surface area contributed by atoms with Crippen LogP contribution in [0.2, 0.25) is 0 Å². The molecule has 0 bridgehead atoms. The number of nitrogens with zero attached hydrogens (tertiary/aromatic N) is 1. The molecule has 1 aliphatic rings. The minimum Gasteiger partial charge on any atom is -1.00 e. The lowest BCUT2D eigenvalue weighted by molar-refractivity contribution is -0.916. The highest BCUT2D eigenvalue weighted by Gasteiger charge is 2.28. The summed E-state index contributed by atoms with van der Waals surface area (Å²) in [6.45, 7) is 1.23. The lowest BCUT2D eigenvalue weighted by atomic mass is 9.93. The largest absolute Gasteiger partial charge is 1.00 e. The molecule has 1 aliphatic carbocycles. The van der Waals surface area contributed by atoms with Gasteiger partial charge in [0.2, 0.25) is 0 Å². The Bertz CT molecular complexity index is 133. The number of aliphatic hydroxyl groups excluding tert-OH is 1. The van der Waals surface area contributed by atoms with E-state index in [2.05, 4.69) is 14.1 Å². The van der Waals surface area contributed by atoms with Gasteiger partial charge in [0.1, 0.15) is 6.54 Å². The maximum Gasteiger partial charge on any atom is 0.102 e. The van der Waals surface area contributed by atoms with E-state index in [0.717, 1.165) is 17.1 Å². The fraction of sp³-hybridized carbons (Fsp3) is 1.00. The van der Waals surface area contributed by atoms with Gasteiger partial charge in [0.05, 0.1) is 26.7 Å². The highest BCUT2D eigenvalue weighted by Crippen LogP contribution is 2.25. The van der Waals surface area contributed by atoms with E-state index < -0.39 is 0 Å². The molecule has 0 radical (unpaired) electrons. The Morgan fingerprint density at radius 3 is 2.15 bits per heavy atom. The third kappa shape index (κ3) is 3.84. The summed E-state index contributed by atoms with van der Waals surface area (Å²) in [5.41, 5.74) is 0. The zero-order valence-electron chi connectivity index (χ0n) is 8.80. The smallest absolute Gasteiger partial charge is 0.102 e. The van der Waals surface area contributed by atoms with Crippen LogP contribution < -0.4 is 12.4 Å².